The van der Waals surface area contributed by atoms with Crippen LogP contribution >= 0.6 is 0 Å². The maximum atomic E-state index is 5.28. The molecule has 0 atom stereocenters. The van der Waals surface area contributed by atoms with Crippen molar-refractivity contribution < 1.29 is 0 Å². The molecule has 9 heavy (non-hydrogen) atoms. The topological polar surface area (TPSA) is 64.4 Å². The van der Waals surface area contributed by atoms with E-state index >= 15 is 0 Å². The second kappa shape index (κ2) is 3.72. The molecule has 50 valence electrons. The van der Waals surface area contributed by atoms with Crippen LogP contribution in [0.3, 0.4) is 0 Å². The van der Waals surface area contributed by atoms with E-state index < -0.39 is 0 Å². The smallest absolute Gasteiger partial charge is 0.0596 e. The number of aliphatic imine (C=N–C) groups is 1. The van der Waals surface area contributed by atoms with Gasteiger partial charge in [-0.3, -0.25) is 4.99 Å². The molecule has 0 saturated carbocycles. The van der Waals surface area contributed by atoms with E-state index in [9.17, 15) is 0 Å². The van der Waals surface area contributed by atoms with Gasteiger partial charge < -0.3 is 11.5 Å². The van der Waals surface area contributed by atoms with Gasteiger partial charge in [-0.15, -0.1) is 0 Å². The average Bonchev–Trinajstić information content (AvgIpc) is 1.82. The van der Waals surface area contributed by atoms with Crippen LogP contribution in [0.2, 0.25) is 0 Å². The molecule has 0 aliphatic heterocycles. The van der Waals surface area contributed by atoms with E-state index in [0.717, 1.165) is 0 Å². The van der Waals surface area contributed by atoms with Crippen molar-refractivity contribution in [3.05, 3.63) is 24.7 Å². The van der Waals surface area contributed by atoms with Crippen molar-refractivity contribution in [2.45, 2.75) is 6.92 Å². The second-order valence-corrected chi connectivity index (χ2v) is 1.58. The van der Waals surface area contributed by atoms with Crippen molar-refractivity contribution in [1.82, 2.24) is 0 Å². The third-order valence-corrected chi connectivity index (χ3v) is 0.819. The highest BCUT2D eigenvalue weighted by molar-refractivity contribution is 5.97. The fourth-order valence-corrected chi connectivity index (χ4v) is 0.238. The van der Waals surface area contributed by atoms with Gasteiger partial charge in [0.1, 0.15) is 0 Å². The lowest BCUT2D eigenvalue weighted by atomic mass is 10.3. The maximum Gasteiger partial charge on any atom is 0.0596 e. The number of hydrogen-bond donors (Lipinski definition) is 2. The Morgan fingerprint density at radius 2 is 2.22 bits per heavy atom. The lowest BCUT2D eigenvalue weighted by Gasteiger charge is -1.92. The summed E-state index contributed by atoms with van der Waals surface area (Å²) in [4.78, 5) is 3.83. The lowest BCUT2D eigenvalue weighted by Crippen LogP contribution is -2.04. The van der Waals surface area contributed by atoms with Crippen LogP contribution in [0.5, 0.6) is 0 Å². The molecule has 3 heteroatoms. The van der Waals surface area contributed by atoms with E-state index in [-0.39, 0.29) is 0 Å². The Morgan fingerprint density at radius 1 is 1.67 bits per heavy atom. The summed E-state index contributed by atoms with van der Waals surface area (Å²) in [6.07, 6.45) is 2.81. The van der Waals surface area contributed by atoms with Crippen LogP contribution in [0, 0.1) is 0 Å². The van der Waals surface area contributed by atoms with E-state index in [1.165, 1.54) is 12.4 Å². The molecule has 0 aromatic carbocycles. The van der Waals surface area contributed by atoms with Gasteiger partial charge in [-0.2, -0.15) is 0 Å². The molecule has 0 aromatic heterocycles. The van der Waals surface area contributed by atoms with Crippen LogP contribution in [0.25, 0.3) is 0 Å². The third-order valence-electron chi connectivity index (χ3n) is 0.819. The van der Waals surface area contributed by atoms with Crippen molar-refractivity contribution >= 4 is 5.71 Å². The minimum atomic E-state index is 0.466. The largest absolute Gasteiger partial charge is 0.403 e. The van der Waals surface area contributed by atoms with Gasteiger partial charge in [0.25, 0.3) is 0 Å². The fraction of sp³-hybridized carbons (Fsp3) is 0.167. The predicted molar refractivity (Wildman–Crippen MR) is 39.8 cm³/mol. The fourth-order valence-electron chi connectivity index (χ4n) is 0.238. The number of rotatable bonds is 2. The normalized spacial score (nSPS) is 12.3. The van der Waals surface area contributed by atoms with E-state index in [1.807, 2.05) is 0 Å². The highest BCUT2D eigenvalue weighted by Gasteiger charge is 1.86. The Hall–Kier alpha value is -1.25. The molecule has 0 aromatic rings. The van der Waals surface area contributed by atoms with Crippen molar-refractivity contribution in [3.63, 3.8) is 0 Å². The Bertz CT molecular complexity index is 156. The van der Waals surface area contributed by atoms with Gasteiger partial charge in [-0.05, 0) is 6.92 Å². The summed E-state index contributed by atoms with van der Waals surface area (Å²) < 4.78 is 0. The van der Waals surface area contributed by atoms with E-state index in [1.54, 1.807) is 6.92 Å². The van der Waals surface area contributed by atoms with Crippen molar-refractivity contribution in [2.75, 3.05) is 0 Å². The standard InChI is InChI=1S/C6H11N3/c1-5(8)6(2)9-4-3-7/h3-4H,1,7-8H2,2H3/b4-3-,9-6?. The van der Waals surface area contributed by atoms with E-state index in [4.69, 9.17) is 11.5 Å². The monoisotopic (exact) mass is 125 g/mol. The zero-order valence-electron chi connectivity index (χ0n) is 5.46. The molecule has 0 aliphatic rings. The summed E-state index contributed by atoms with van der Waals surface area (Å²) in [5.74, 6) is 0. The zero-order chi connectivity index (χ0) is 7.28. The van der Waals surface area contributed by atoms with Crippen LogP contribution in [0.1, 0.15) is 6.92 Å². The van der Waals surface area contributed by atoms with Gasteiger partial charge in [0, 0.05) is 18.1 Å². The van der Waals surface area contributed by atoms with Gasteiger partial charge >= 0.3 is 0 Å². The Kier molecular flexibility index (Phi) is 3.20. The molecule has 0 unspecified atom stereocenters. The molecule has 0 radical (unpaired) electrons. The van der Waals surface area contributed by atoms with Gasteiger partial charge in [0.2, 0.25) is 0 Å². The summed E-state index contributed by atoms with van der Waals surface area (Å²) >= 11 is 0. The minimum absolute atomic E-state index is 0.466. The van der Waals surface area contributed by atoms with Gasteiger partial charge in [0.15, 0.2) is 0 Å². The number of nitrogens with zero attached hydrogens (tertiary/aromatic N) is 1. The Balaban J connectivity index is 4.00. The molecular formula is C6H11N3. The molecular weight excluding hydrogens is 114 g/mol. The van der Waals surface area contributed by atoms with Gasteiger partial charge in [0.05, 0.1) is 5.71 Å². The highest BCUT2D eigenvalue weighted by atomic mass is 14.8. The molecule has 0 saturated heterocycles. The molecule has 0 aliphatic carbocycles. The third kappa shape index (κ3) is 3.34. The Labute approximate surface area is 54.8 Å². The lowest BCUT2D eigenvalue weighted by molar-refractivity contribution is 1.40. The van der Waals surface area contributed by atoms with Gasteiger partial charge in [-0.1, -0.05) is 6.58 Å². The molecule has 0 rings (SSSR count). The molecule has 4 N–H and O–H groups in total. The van der Waals surface area contributed by atoms with Crippen LogP contribution in [-0.2, 0) is 0 Å². The quantitative estimate of drug-likeness (QED) is 0.523. The first-order valence-corrected chi connectivity index (χ1v) is 2.54. The van der Waals surface area contributed by atoms with Crippen LogP contribution < -0.4 is 11.5 Å². The summed E-state index contributed by atoms with van der Waals surface area (Å²) in [5, 5.41) is 0. The van der Waals surface area contributed by atoms with Crippen LogP contribution in [-0.4, -0.2) is 5.71 Å². The average molecular weight is 125 g/mol. The van der Waals surface area contributed by atoms with Gasteiger partial charge in [-0.25, -0.2) is 0 Å². The van der Waals surface area contributed by atoms with Crippen molar-refractivity contribution in [1.29, 1.82) is 0 Å². The summed E-state index contributed by atoms with van der Waals surface area (Å²) in [6.45, 7) is 5.25. The van der Waals surface area contributed by atoms with Crippen molar-refractivity contribution in [3.8, 4) is 0 Å². The molecule has 0 amide bonds. The summed E-state index contributed by atoms with van der Waals surface area (Å²) in [7, 11) is 0. The maximum absolute atomic E-state index is 5.28. The number of hydrogen-bond acceptors (Lipinski definition) is 3. The second-order valence-electron chi connectivity index (χ2n) is 1.58. The summed E-state index contributed by atoms with van der Waals surface area (Å²) in [6, 6.07) is 0. The van der Waals surface area contributed by atoms with Crippen LogP contribution in [0.15, 0.2) is 29.7 Å². The first-order valence-electron chi connectivity index (χ1n) is 2.54. The van der Waals surface area contributed by atoms with Crippen molar-refractivity contribution in [2.24, 2.45) is 16.5 Å². The number of allylic oxidation sites excluding steroid dienone is 1. The highest BCUT2D eigenvalue weighted by Crippen LogP contribution is 1.84. The predicted octanol–water partition coefficient (Wildman–Crippen LogP) is 0.350. The molecule has 0 bridgehead atoms. The first-order chi connectivity index (χ1) is 4.18. The molecule has 0 fully saturated rings. The number of nitrogens with two attached hydrogens (primary N) is 2. The Morgan fingerprint density at radius 3 is 2.56 bits per heavy atom. The first kappa shape index (κ1) is 7.75. The molecule has 3 nitrogen and oxygen atoms in total. The molecule has 0 heterocycles. The SMILES string of the molecule is C=C(N)C(C)=N/C=C\N. The molecule has 0 spiro atoms. The minimum Gasteiger partial charge on any atom is -0.403 e. The van der Waals surface area contributed by atoms with Crippen LogP contribution in [0.4, 0.5) is 0 Å². The van der Waals surface area contributed by atoms with E-state index in [2.05, 4.69) is 11.6 Å². The van der Waals surface area contributed by atoms with E-state index in [0.29, 0.717) is 11.4 Å². The summed E-state index contributed by atoms with van der Waals surface area (Å²) in [5.41, 5.74) is 11.5. The zero-order valence-corrected chi connectivity index (χ0v) is 5.46.